The zero-order valence-corrected chi connectivity index (χ0v) is 8.30. The van der Waals surface area contributed by atoms with Crippen LogP contribution in [0.5, 0.6) is 5.75 Å². The lowest BCUT2D eigenvalue weighted by atomic mass is 10.0. The molecule has 0 fully saturated rings. The van der Waals surface area contributed by atoms with E-state index in [4.69, 9.17) is 15.6 Å². The molecule has 0 amide bonds. The number of aliphatic carboxylic acids is 1. The molecule has 0 saturated carbocycles. The van der Waals surface area contributed by atoms with E-state index in [1.807, 2.05) is 0 Å². The lowest BCUT2D eigenvalue weighted by Gasteiger charge is -2.10. The number of nitrogens with two attached hydrogens (primary N) is 1. The Morgan fingerprint density at radius 3 is 2.80 bits per heavy atom. The number of aromatic hydroxyl groups is 1. The first kappa shape index (κ1) is 11.5. The van der Waals surface area contributed by atoms with Gasteiger partial charge in [-0.05, 0) is 17.7 Å². The summed E-state index contributed by atoms with van der Waals surface area (Å²) in [6.07, 6.45) is 0. The summed E-state index contributed by atoms with van der Waals surface area (Å²) in [5, 5.41) is 18.2. The molecule has 4 N–H and O–H groups in total. The van der Waals surface area contributed by atoms with E-state index in [2.05, 4.69) is 0 Å². The lowest BCUT2D eigenvalue weighted by Crippen LogP contribution is -2.20. The number of benzene rings is 1. The second-order valence-electron chi connectivity index (χ2n) is 3.14. The minimum atomic E-state index is -1.22. The largest absolute Gasteiger partial charge is 0.508 e. The topological polar surface area (TPSA) is 92.8 Å². The van der Waals surface area contributed by atoms with Gasteiger partial charge in [-0.2, -0.15) is 0 Å². The molecule has 0 aromatic heterocycles. The van der Waals surface area contributed by atoms with Crippen molar-refractivity contribution >= 4 is 5.97 Å². The van der Waals surface area contributed by atoms with Gasteiger partial charge in [0, 0.05) is 12.7 Å². The first-order chi connectivity index (χ1) is 7.06. The number of carbonyl (C=O) groups is 1. The third-order valence-electron chi connectivity index (χ3n) is 2.00. The third kappa shape index (κ3) is 2.68. The fourth-order valence-corrected chi connectivity index (χ4v) is 1.24. The Labute approximate surface area is 87.1 Å². The van der Waals surface area contributed by atoms with Crippen molar-refractivity contribution in [1.82, 2.24) is 0 Å². The molecule has 0 aliphatic carbocycles. The fourth-order valence-electron chi connectivity index (χ4n) is 1.24. The number of methoxy groups -OCH3 is 1. The monoisotopic (exact) mass is 211 g/mol. The standard InChI is InChI=1S/C10H13NO4/c1-15-5-6-2-3-8(12)7(4-6)9(11)10(13)14/h2-4,9,12H,5,11H2,1H3,(H,13,14)/t9-/m0/s1. The van der Waals surface area contributed by atoms with Gasteiger partial charge in [-0.3, -0.25) is 4.79 Å². The number of carboxylic acids is 1. The molecule has 0 aliphatic heterocycles. The smallest absolute Gasteiger partial charge is 0.325 e. The lowest BCUT2D eigenvalue weighted by molar-refractivity contribution is -0.138. The molecule has 0 unspecified atom stereocenters. The van der Waals surface area contributed by atoms with Crippen LogP contribution in [0.2, 0.25) is 0 Å². The van der Waals surface area contributed by atoms with Crippen LogP contribution in [0.3, 0.4) is 0 Å². The van der Waals surface area contributed by atoms with E-state index in [0.29, 0.717) is 6.61 Å². The van der Waals surface area contributed by atoms with Crippen LogP contribution in [0.25, 0.3) is 0 Å². The van der Waals surface area contributed by atoms with Crippen LogP contribution in [0.1, 0.15) is 17.2 Å². The number of hydrogen-bond acceptors (Lipinski definition) is 4. The molecule has 1 atom stereocenters. The van der Waals surface area contributed by atoms with Gasteiger partial charge in [0.15, 0.2) is 0 Å². The molecule has 1 rings (SSSR count). The maximum Gasteiger partial charge on any atom is 0.325 e. The third-order valence-corrected chi connectivity index (χ3v) is 2.00. The Kier molecular flexibility index (Phi) is 3.65. The Hall–Kier alpha value is -1.59. The van der Waals surface area contributed by atoms with Gasteiger partial charge in [0.05, 0.1) is 6.61 Å². The van der Waals surface area contributed by atoms with Crippen LogP contribution in [0, 0.1) is 0 Å². The molecule has 0 aliphatic rings. The van der Waals surface area contributed by atoms with Gasteiger partial charge < -0.3 is 20.7 Å². The number of phenolic OH excluding ortho intramolecular Hbond substituents is 1. The molecule has 1 aromatic carbocycles. The van der Waals surface area contributed by atoms with Crippen molar-refractivity contribution in [2.45, 2.75) is 12.6 Å². The highest BCUT2D eigenvalue weighted by molar-refractivity contribution is 5.76. The molecule has 82 valence electrons. The molecular formula is C10H13NO4. The van der Waals surface area contributed by atoms with Gasteiger partial charge in [0.1, 0.15) is 11.8 Å². The van der Waals surface area contributed by atoms with E-state index in [1.54, 1.807) is 6.07 Å². The first-order valence-corrected chi connectivity index (χ1v) is 4.35. The predicted molar refractivity (Wildman–Crippen MR) is 53.4 cm³/mol. The summed E-state index contributed by atoms with van der Waals surface area (Å²) in [4.78, 5) is 10.7. The van der Waals surface area contributed by atoms with Gasteiger partial charge >= 0.3 is 5.97 Å². The average Bonchev–Trinajstić information content (AvgIpc) is 2.20. The molecule has 0 heterocycles. The van der Waals surface area contributed by atoms with Gasteiger partial charge in [-0.1, -0.05) is 6.07 Å². The summed E-state index contributed by atoms with van der Waals surface area (Å²) in [6.45, 7) is 0.347. The number of carboxylic acid groups (broad SMARTS) is 1. The Morgan fingerprint density at radius 2 is 2.27 bits per heavy atom. The number of ether oxygens (including phenoxy) is 1. The van der Waals surface area contributed by atoms with Crippen LogP contribution in [-0.2, 0) is 16.1 Å². The van der Waals surface area contributed by atoms with E-state index in [1.165, 1.54) is 19.2 Å². The van der Waals surface area contributed by atoms with Crippen molar-refractivity contribution in [2.24, 2.45) is 5.73 Å². The summed E-state index contributed by atoms with van der Waals surface area (Å²) in [5.41, 5.74) is 6.36. The van der Waals surface area contributed by atoms with E-state index >= 15 is 0 Å². The second-order valence-corrected chi connectivity index (χ2v) is 3.14. The van der Waals surface area contributed by atoms with Crippen LogP contribution in [0.4, 0.5) is 0 Å². The zero-order chi connectivity index (χ0) is 11.4. The number of phenols is 1. The predicted octanol–water partition coefficient (Wildman–Crippen LogP) is 0.623. The molecule has 0 radical (unpaired) electrons. The van der Waals surface area contributed by atoms with Crippen LogP contribution >= 0.6 is 0 Å². The summed E-state index contributed by atoms with van der Waals surface area (Å²) in [7, 11) is 1.53. The first-order valence-electron chi connectivity index (χ1n) is 4.35. The summed E-state index contributed by atoms with van der Waals surface area (Å²) in [5.74, 6) is -1.30. The maximum atomic E-state index is 10.7. The Morgan fingerprint density at radius 1 is 1.60 bits per heavy atom. The Balaban J connectivity index is 3.04. The van der Waals surface area contributed by atoms with Crippen LogP contribution in [0.15, 0.2) is 18.2 Å². The summed E-state index contributed by atoms with van der Waals surface area (Å²) in [6, 6.07) is 3.36. The number of rotatable bonds is 4. The second kappa shape index (κ2) is 4.77. The quantitative estimate of drug-likeness (QED) is 0.679. The number of hydrogen-bond donors (Lipinski definition) is 3. The molecule has 0 spiro atoms. The van der Waals surface area contributed by atoms with Crippen LogP contribution < -0.4 is 5.73 Å². The molecule has 0 bridgehead atoms. The normalized spacial score (nSPS) is 12.4. The molecule has 1 aromatic rings. The van der Waals surface area contributed by atoms with Gasteiger partial charge in [0.2, 0.25) is 0 Å². The van der Waals surface area contributed by atoms with E-state index < -0.39 is 12.0 Å². The van der Waals surface area contributed by atoms with Crippen molar-refractivity contribution in [3.05, 3.63) is 29.3 Å². The van der Waals surface area contributed by atoms with Crippen molar-refractivity contribution in [3.8, 4) is 5.75 Å². The maximum absolute atomic E-state index is 10.7. The summed E-state index contributed by atoms with van der Waals surface area (Å²) >= 11 is 0. The van der Waals surface area contributed by atoms with Crippen molar-refractivity contribution in [3.63, 3.8) is 0 Å². The molecule has 15 heavy (non-hydrogen) atoms. The van der Waals surface area contributed by atoms with Crippen molar-refractivity contribution in [2.75, 3.05) is 7.11 Å². The van der Waals surface area contributed by atoms with Gasteiger partial charge in [-0.15, -0.1) is 0 Å². The molecule has 5 nitrogen and oxygen atoms in total. The summed E-state index contributed by atoms with van der Waals surface area (Å²) < 4.78 is 4.89. The highest BCUT2D eigenvalue weighted by Crippen LogP contribution is 2.24. The Bertz CT molecular complexity index is 364. The zero-order valence-electron chi connectivity index (χ0n) is 8.30. The van der Waals surface area contributed by atoms with E-state index in [9.17, 15) is 9.90 Å². The minimum absolute atomic E-state index is 0.121. The van der Waals surface area contributed by atoms with Crippen LogP contribution in [-0.4, -0.2) is 23.3 Å². The highest BCUT2D eigenvalue weighted by atomic mass is 16.5. The highest BCUT2D eigenvalue weighted by Gasteiger charge is 2.18. The molecule has 5 heteroatoms. The van der Waals surface area contributed by atoms with E-state index in [0.717, 1.165) is 5.56 Å². The average molecular weight is 211 g/mol. The van der Waals surface area contributed by atoms with Crippen molar-refractivity contribution in [1.29, 1.82) is 0 Å². The molecule has 0 saturated heterocycles. The minimum Gasteiger partial charge on any atom is -0.508 e. The van der Waals surface area contributed by atoms with Gasteiger partial charge in [-0.25, -0.2) is 0 Å². The molecular weight excluding hydrogens is 198 g/mol. The van der Waals surface area contributed by atoms with E-state index in [-0.39, 0.29) is 11.3 Å². The fraction of sp³-hybridized carbons (Fsp3) is 0.300. The van der Waals surface area contributed by atoms with Gasteiger partial charge in [0.25, 0.3) is 0 Å². The SMILES string of the molecule is COCc1ccc(O)c([C@H](N)C(=O)O)c1. The van der Waals surface area contributed by atoms with Crippen molar-refractivity contribution < 1.29 is 19.7 Å².